The molecule has 1 fully saturated rings. The first-order chi connectivity index (χ1) is 15.0. The molecule has 2 aromatic rings. The molecule has 7 nitrogen and oxygen atoms in total. The number of ether oxygens (including phenoxy) is 3. The monoisotopic (exact) mass is 425 g/mol. The minimum atomic E-state index is -0.155. The van der Waals surface area contributed by atoms with Crippen LogP contribution in [-0.2, 0) is 11.2 Å². The number of nitrogens with one attached hydrogen (secondary N) is 1. The highest BCUT2D eigenvalue weighted by Gasteiger charge is 2.41. The third-order valence-electron chi connectivity index (χ3n) is 6.02. The molecule has 2 aliphatic heterocycles. The van der Waals surface area contributed by atoms with Gasteiger partial charge in [0.1, 0.15) is 29.5 Å². The average molecular weight is 426 g/mol. The van der Waals surface area contributed by atoms with Crippen molar-refractivity contribution in [2.45, 2.75) is 37.8 Å². The van der Waals surface area contributed by atoms with E-state index in [1.54, 1.807) is 25.3 Å². The molecule has 166 valence electrons. The van der Waals surface area contributed by atoms with Gasteiger partial charge >= 0.3 is 0 Å². The molecule has 3 N–H and O–H groups in total. The second-order valence-electron chi connectivity index (χ2n) is 8.48. The molecule has 2 heterocycles. The van der Waals surface area contributed by atoms with Crippen LogP contribution in [0.15, 0.2) is 42.5 Å². The number of piperidine rings is 1. The number of rotatable bonds is 7. The van der Waals surface area contributed by atoms with Gasteiger partial charge in [-0.1, -0.05) is 18.2 Å². The Kier molecular flexibility index (Phi) is 6.34. The Balaban J connectivity index is 1.28. The molecular weight excluding hydrogens is 394 g/mol. The number of anilines is 1. The molecule has 2 aromatic carbocycles. The predicted octanol–water partition coefficient (Wildman–Crippen LogP) is 2.83. The van der Waals surface area contributed by atoms with Crippen LogP contribution in [0.2, 0.25) is 0 Å². The van der Waals surface area contributed by atoms with Crippen LogP contribution in [-0.4, -0.2) is 55.8 Å². The van der Waals surface area contributed by atoms with Gasteiger partial charge in [-0.3, -0.25) is 4.79 Å². The van der Waals surface area contributed by atoms with Gasteiger partial charge in [0.05, 0.1) is 18.8 Å². The minimum Gasteiger partial charge on any atom is -0.497 e. The van der Waals surface area contributed by atoms with Crippen LogP contribution in [0.3, 0.4) is 0 Å². The number of hydrogen-bond acceptors (Lipinski definition) is 6. The number of methoxy groups -OCH3 is 1. The van der Waals surface area contributed by atoms with Crippen molar-refractivity contribution in [3.05, 3.63) is 48.0 Å². The van der Waals surface area contributed by atoms with E-state index in [0.29, 0.717) is 23.8 Å². The highest BCUT2D eigenvalue weighted by molar-refractivity contribution is 5.90. The third-order valence-corrected chi connectivity index (χ3v) is 6.02. The van der Waals surface area contributed by atoms with Gasteiger partial charge in [-0.05, 0) is 23.8 Å². The molecule has 0 saturated carbocycles. The summed E-state index contributed by atoms with van der Waals surface area (Å²) in [6.45, 7) is 4.48. The van der Waals surface area contributed by atoms with E-state index in [1.807, 2.05) is 6.07 Å². The lowest BCUT2D eigenvalue weighted by atomic mass is 9.87. The maximum Gasteiger partial charge on any atom is 0.221 e. The van der Waals surface area contributed by atoms with E-state index in [9.17, 15) is 4.79 Å². The van der Waals surface area contributed by atoms with E-state index in [0.717, 1.165) is 44.6 Å². The quantitative estimate of drug-likeness (QED) is 0.710. The first kappa shape index (κ1) is 21.5. The van der Waals surface area contributed by atoms with Gasteiger partial charge in [0.15, 0.2) is 0 Å². The molecular formula is C24H31N3O4. The number of nitrogens with zero attached hydrogens (tertiary/aromatic N) is 1. The van der Waals surface area contributed by atoms with Crippen molar-refractivity contribution in [1.29, 1.82) is 0 Å². The summed E-state index contributed by atoms with van der Waals surface area (Å²) in [6.07, 6.45) is 2.99. The van der Waals surface area contributed by atoms with Crippen LogP contribution in [0.5, 0.6) is 17.2 Å². The number of para-hydroxylation sites is 1. The van der Waals surface area contributed by atoms with E-state index in [2.05, 4.69) is 28.4 Å². The zero-order valence-electron chi connectivity index (χ0n) is 18.2. The molecule has 1 amide bonds. The number of fused-ring (bicyclic) bond motifs is 1. The van der Waals surface area contributed by atoms with E-state index in [1.165, 1.54) is 12.5 Å². The van der Waals surface area contributed by atoms with Gasteiger partial charge in [-0.15, -0.1) is 0 Å². The maximum absolute atomic E-state index is 11.5. The lowest BCUT2D eigenvalue weighted by Gasteiger charge is -2.39. The second-order valence-corrected chi connectivity index (χ2v) is 8.48. The van der Waals surface area contributed by atoms with Gasteiger partial charge in [0.2, 0.25) is 5.91 Å². The Hall–Kier alpha value is -2.77. The molecule has 0 radical (unpaired) electrons. The molecule has 0 unspecified atom stereocenters. The van der Waals surface area contributed by atoms with Crippen LogP contribution in [0.1, 0.15) is 25.3 Å². The topological polar surface area (TPSA) is 86.0 Å². The average Bonchev–Trinajstić information content (AvgIpc) is 3.12. The van der Waals surface area contributed by atoms with Crippen molar-refractivity contribution >= 4 is 11.6 Å². The van der Waals surface area contributed by atoms with Gasteiger partial charge in [0, 0.05) is 51.9 Å². The normalized spacial score (nSPS) is 18.2. The lowest BCUT2D eigenvalue weighted by molar-refractivity contribution is -0.114. The van der Waals surface area contributed by atoms with Gasteiger partial charge in [0.25, 0.3) is 0 Å². The van der Waals surface area contributed by atoms with Crippen molar-refractivity contribution < 1.29 is 19.0 Å². The Labute approximate surface area is 183 Å². The Morgan fingerprint density at radius 3 is 2.74 bits per heavy atom. The summed E-state index contributed by atoms with van der Waals surface area (Å²) in [5.74, 6) is 2.10. The third kappa shape index (κ3) is 5.11. The number of nitrogens with two attached hydrogens (primary N) is 1. The van der Waals surface area contributed by atoms with Crippen LogP contribution < -0.4 is 25.3 Å². The molecule has 0 bridgehead atoms. The van der Waals surface area contributed by atoms with Crippen molar-refractivity contribution in [2.75, 3.05) is 38.7 Å². The van der Waals surface area contributed by atoms with Crippen LogP contribution in [0.25, 0.3) is 0 Å². The van der Waals surface area contributed by atoms with Gasteiger partial charge in [-0.25, -0.2) is 0 Å². The summed E-state index contributed by atoms with van der Waals surface area (Å²) in [6, 6.07) is 13.5. The largest absolute Gasteiger partial charge is 0.497 e. The molecule has 1 atom stereocenters. The molecule has 1 spiro atoms. The van der Waals surface area contributed by atoms with Gasteiger partial charge < -0.3 is 30.2 Å². The van der Waals surface area contributed by atoms with Gasteiger partial charge in [-0.2, -0.15) is 0 Å². The molecule has 31 heavy (non-hydrogen) atoms. The van der Waals surface area contributed by atoms with Crippen molar-refractivity contribution in [2.24, 2.45) is 5.73 Å². The number of likely N-dealkylation sites (tertiary alicyclic amines) is 1. The van der Waals surface area contributed by atoms with E-state index >= 15 is 0 Å². The SMILES string of the molecule is COc1ccc(NC(C)=O)c(OC[C@@H](N)CN2CCC3(CC2)Cc2ccccc2O3)c1. The van der Waals surface area contributed by atoms with Crippen LogP contribution >= 0.6 is 0 Å². The first-order valence-corrected chi connectivity index (χ1v) is 10.8. The molecule has 0 aliphatic carbocycles. The number of carbonyl (C=O) groups excluding carboxylic acids is 1. The molecule has 0 aromatic heterocycles. The zero-order valence-corrected chi connectivity index (χ0v) is 18.2. The highest BCUT2D eigenvalue weighted by Crippen LogP contribution is 2.40. The van der Waals surface area contributed by atoms with E-state index < -0.39 is 0 Å². The summed E-state index contributed by atoms with van der Waals surface area (Å²) in [5.41, 5.74) is 8.23. The number of hydrogen-bond donors (Lipinski definition) is 2. The number of benzene rings is 2. The van der Waals surface area contributed by atoms with Crippen molar-refractivity contribution in [3.63, 3.8) is 0 Å². The van der Waals surface area contributed by atoms with Crippen LogP contribution in [0.4, 0.5) is 5.69 Å². The van der Waals surface area contributed by atoms with Crippen molar-refractivity contribution in [1.82, 2.24) is 4.90 Å². The summed E-state index contributed by atoms with van der Waals surface area (Å²) in [5, 5.41) is 2.78. The highest BCUT2D eigenvalue weighted by atomic mass is 16.5. The Morgan fingerprint density at radius 2 is 2.03 bits per heavy atom. The summed E-state index contributed by atoms with van der Waals surface area (Å²) >= 11 is 0. The van der Waals surface area contributed by atoms with Crippen LogP contribution in [0, 0.1) is 0 Å². The maximum atomic E-state index is 11.5. The molecule has 4 rings (SSSR count). The van der Waals surface area contributed by atoms with E-state index in [4.69, 9.17) is 19.9 Å². The van der Waals surface area contributed by atoms with Crippen molar-refractivity contribution in [3.8, 4) is 17.2 Å². The fraction of sp³-hybridized carbons (Fsp3) is 0.458. The Bertz CT molecular complexity index is 898. The fourth-order valence-corrected chi connectivity index (χ4v) is 4.41. The zero-order chi connectivity index (χ0) is 21.8. The minimum absolute atomic E-state index is 0.0609. The standard InChI is InChI=1S/C24H31N3O4/c1-17(28)26-21-8-7-20(29-2)13-23(21)30-16-19(25)15-27-11-9-24(10-12-27)14-18-5-3-4-6-22(18)31-24/h3-8,13,19H,9-12,14-16,25H2,1-2H3,(H,26,28)/t19-/m0/s1. The Morgan fingerprint density at radius 1 is 1.26 bits per heavy atom. The summed E-state index contributed by atoms with van der Waals surface area (Å²) in [7, 11) is 1.60. The first-order valence-electron chi connectivity index (χ1n) is 10.8. The summed E-state index contributed by atoms with van der Waals surface area (Å²) < 4.78 is 17.5. The number of carbonyl (C=O) groups is 1. The molecule has 7 heteroatoms. The second kappa shape index (κ2) is 9.16. The predicted molar refractivity (Wildman–Crippen MR) is 120 cm³/mol. The smallest absolute Gasteiger partial charge is 0.221 e. The molecule has 2 aliphatic rings. The lowest BCUT2D eigenvalue weighted by Crippen LogP contribution is -2.51. The summed E-state index contributed by atoms with van der Waals surface area (Å²) in [4.78, 5) is 13.8. The fourth-order valence-electron chi connectivity index (χ4n) is 4.41. The molecule has 1 saturated heterocycles. The number of amides is 1. The van der Waals surface area contributed by atoms with E-state index in [-0.39, 0.29) is 17.6 Å².